The van der Waals surface area contributed by atoms with E-state index < -0.39 is 0 Å². The molecule has 0 aromatic heterocycles. The van der Waals surface area contributed by atoms with Crippen molar-refractivity contribution in [2.45, 2.75) is 57.7 Å². The van der Waals surface area contributed by atoms with Gasteiger partial charge >= 0.3 is 0 Å². The molecular formula is C21H34N2O2. The normalized spacial score (nSPS) is 29.8. The molecule has 2 fully saturated rings. The SMILES string of the molecule is CCC[C@]1(CO)CN(C2CCN(Cc3ccccc3)CC2)CC[C@@H]1O. The summed E-state index contributed by atoms with van der Waals surface area (Å²) in [5.41, 5.74) is 1.08. The van der Waals surface area contributed by atoms with Gasteiger partial charge in [-0.25, -0.2) is 0 Å². The number of nitrogens with zero attached hydrogens (tertiary/aromatic N) is 2. The zero-order valence-corrected chi connectivity index (χ0v) is 15.6. The maximum Gasteiger partial charge on any atom is 0.0642 e. The standard InChI is InChI=1S/C21H34N2O2/c1-2-11-21(17-24)16-23(14-10-20(21)25)19-8-12-22(13-9-19)15-18-6-4-3-5-7-18/h3-7,19-20,24-25H,2,8-17H2,1H3/t20-,21+/m0/s1. The second-order valence-electron chi connectivity index (χ2n) is 8.04. The van der Waals surface area contributed by atoms with E-state index in [0.29, 0.717) is 6.04 Å². The Morgan fingerprint density at radius 2 is 1.80 bits per heavy atom. The summed E-state index contributed by atoms with van der Waals surface area (Å²) in [6.07, 6.45) is 4.75. The molecule has 0 amide bonds. The highest BCUT2D eigenvalue weighted by Crippen LogP contribution is 2.36. The lowest BCUT2D eigenvalue weighted by Crippen LogP contribution is -2.57. The first kappa shape index (κ1) is 18.8. The van der Waals surface area contributed by atoms with E-state index in [1.807, 2.05) is 0 Å². The zero-order valence-electron chi connectivity index (χ0n) is 15.6. The molecule has 2 aliphatic rings. The molecular weight excluding hydrogens is 312 g/mol. The fourth-order valence-electron chi connectivity index (χ4n) is 4.76. The van der Waals surface area contributed by atoms with E-state index in [1.54, 1.807) is 0 Å². The summed E-state index contributed by atoms with van der Waals surface area (Å²) in [7, 11) is 0. The number of piperidine rings is 2. The summed E-state index contributed by atoms with van der Waals surface area (Å²) in [5, 5.41) is 20.4. The molecule has 4 heteroatoms. The Morgan fingerprint density at radius 3 is 2.44 bits per heavy atom. The fourth-order valence-corrected chi connectivity index (χ4v) is 4.76. The van der Waals surface area contributed by atoms with E-state index in [0.717, 1.165) is 52.0 Å². The molecule has 0 aliphatic carbocycles. The maximum atomic E-state index is 10.5. The predicted molar refractivity (Wildman–Crippen MR) is 101 cm³/mol. The van der Waals surface area contributed by atoms with Gasteiger partial charge in [-0.3, -0.25) is 9.80 Å². The first-order valence-electron chi connectivity index (χ1n) is 9.96. The van der Waals surface area contributed by atoms with Crippen LogP contribution in [0.1, 0.15) is 44.6 Å². The highest BCUT2D eigenvalue weighted by atomic mass is 16.3. The van der Waals surface area contributed by atoms with Gasteiger partial charge in [0.15, 0.2) is 0 Å². The van der Waals surface area contributed by atoms with Gasteiger partial charge in [0.25, 0.3) is 0 Å². The summed E-state index contributed by atoms with van der Waals surface area (Å²) in [4.78, 5) is 5.11. The Labute approximate surface area is 152 Å². The van der Waals surface area contributed by atoms with Crippen LogP contribution < -0.4 is 0 Å². The average molecular weight is 347 g/mol. The van der Waals surface area contributed by atoms with E-state index in [9.17, 15) is 10.2 Å². The molecule has 2 N–H and O–H groups in total. The van der Waals surface area contributed by atoms with Crippen molar-refractivity contribution in [1.29, 1.82) is 0 Å². The van der Waals surface area contributed by atoms with Crippen LogP contribution in [-0.2, 0) is 6.54 Å². The lowest BCUT2D eigenvalue weighted by atomic mass is 9.74. The van der Waals surface area contributed by atoms with E-state index in [4.69, 9.17) is 0 Å². The molecule has 1 aromatic carbocycles. The van der Waals surface area contributed by atoms with Gasteiger partial charge in [0.1, 0.15) is 0 Å². The molecule has 2 atom stereocenters. The lowest BCUT2D eigenvalue weighted by Gasteiger charge is -2.49. The Balaban J connectivity index is 1.54. The number of hydrogen-bond acceptors (Lipinski definition) is 4. The molecule has 0 bridgehead atoms. The molecule has 2 heterocycles. The van der Waals surface area contributed by atoms with Gasteiger partial charge in [0.2, 0.25) is 0 Å². The third-order valence-corrected chi connectivity index (χ3v) is 6.30. The van der Waals surface area contributed by atoms with Crippen molar-refractivity contribution in [2.75, 3.05) is 32.8 Å². The molecule has 0 radical (unpaired) electrons. The van der Waals surface area contributed by atoms with E-state index in [2.05, 4.69) is 47.1 Å². The third-order valence-electron chi connectivity index (χ3n) is 6.30. The van der Waals surface area contributed by atoms with Crippen LogP contribution in [-0.4, -0.2) is 64.9 Å². The van der Waals surface area contributed by atoms with Crippen molar-refractivity contribution in [1.82, 2.24) is 9.80 Å². The third kappa shape index (κ3) is 4.43. The van der Waals surface area contributed by atoms with Gasteiger partial charge < -0.3 is 10.2 Å². The zero-order chi connectivity index (χ0) is 17.7. The summed E-state index contributed by atoms with van der Waals surface area (Å²) < 4.78 is 0. The second-order valence-corrected chi connectivity index (χ2v) is 8.04. The first-order valence-corrected chi connectivity index (χ1v) is 9.96. The van der Waals surface area contributed by atoms with Crippen LogP contribution in [0.4, 0.5) is 0 Å². The minimum atomic E-state index is -0.355. The maximum absolute atomic E-state index is 10.5. The van der Waals surface area contributed by atoms with Crippen LogP contribution in [0, 0.1) is 5.41 Å². The molecule has 3 rings (SSSR count). The molecule has 1 aromatic rings. The highest BCUT2D eigenvalue weighted by molar-refractivity contribution is 5.14. The van der Waals surface area contributed by atoms with Crippen LogP contribution in [0.2, 0.25) is 0 Å². The quantitative estimate of drug-likeness (QED) is 0.831. The topological polar surface area (TPSA) is 46.9 Å². The monoisotopic (exact) mass is 346 g/mol. The Kier molecular flexibility index (Phi) is 6.50. The van der Waals surface area contributed by atoms with E-state index in [1.165, 1.54) is 18.4 Å². The van der Waals surface area contributed by atoms with Crippen molar-refractivity contribution in [3.8, 4) is 0 Å². The Bertz CT molecular complexity index is 516. The molecule has 0 unspecified atom stereocenters. The molecule has 4 nitrogen and oxygen atoms in total. The number of rotatable bonds is 6. The van der Waals surface area contributed by atoms with E-state index >= 15 is 0 Å². The van der Waals surface area contributed by atoms with Crippen molar-refractivity contribution in [2.24, 2.45) is 5.41 Å². The number of likely N-dealkylation sites (tertiary alicyclic amines) is 2. The fraction of sp³-hybridized carbons (Fsp3) is 0.714. The highest BCUT2D eigenvalue weighted by Gasteiger charge is 2.43. The summed E-state index contributed by atoms with van der Waals surface area (Å²) >= 11 is 0. The van der Waals surface area contributed by atoms with Gasteiger partial charge in [-0.2, -0.15) is 0 Å². The number of hydrogen-bond donors (Lipinski definition) is 2. The van der Waals surface area contributed by atoms with Crippen LogP contribution in [0.25, 0.3) is 0 Å². The van der Waals surface area contributed by atoms with Crippen molar-refractivity contribution < 1.29 is 10.2 Å². The van der Waals surface area contributed by atoms with Gasteiger partial charge in [-0.05, 0) is 44.3 Å². The van der Waals surface area contributed by atoms with Crippen LogP contribution in [0.15, 0.2) is 30.3 Å². The van der Waals surface area contributed by atoms with Gasteiger partial charge in [0.05, 0.1) is 12.7 Å². The number of aliphatic hydroxyl groups is 2. The Morgan fingerprint density at radius 1 is 1.08 bits per heavy atom. The van der Waals surface area contributed by atoms with Crippen molar-refractivity contribution in [3.05, 3.63) is 35.9 Å². The summed E-state index contributed by atoms with van der Waals surface area (Å²) in [6, 6.07) is 11.3. The average Bonchev–Trinajstić information content (AvgIpc) is 2.65. The number of benzene rings is 1. The van der Waals surface area contributed by atoms with Gasteiger partial charge in [-0.15, -0.1) is 0 Å². The van der Waals surface area contributed by atoms with Gasteiger partial charge in [0, 0.05) is 31.1 Å². The van der Waals surface area contributed by atoms with Crippen LogP contribution in [0.5, 0.6) is 0 Å². The molecule has 140 valence electrons. The summed E-state index contributed by atoms with van der Waals surface area (Å²) in [6.45, 7) is 7.38. The van der Waals surface area contributed by atoms with Crippen molar-refractivity contribution >= 4 is 0 Å². The largest absolute Gasteiger partial charge is 0.396 e. The minimum absolute atomic E-state index is 0.103. The Hall–Kier alpha value is -0.940. The van der Waals surface area contributed by atoms with Gasteiger partial charge in [-0.1, -0.05) is 43.7 Å². The van der Waals surface area contributed by atoms with Crippen LogP contribution >= 0.6 is 0 Å². The van der Waals surface area contributed by atoms with E-state index in [-0.39, 0.29) is 18.1 Å². The second kappa shape index (κ2) is 8.63. The molecule has 25 heavy (non-hydrogen) atoms. The first-order chi connectivity index (χ1) is 12.2. The van der Waals surface area contributed by atoms with Crippen LogP contribution in [0.3, 0.4) is 0 Å². The molecule has 0 saturated carbocycles. The minimum Gasteiger partial charge on any atom is -0.396 e. The predicted octanol–water partition coefficient (Wildman–Crippen LogP) is 2.50. The molecule has 2 saturated heterocycles. The summed E-state index contributed by atoms with van der Waals surface area (Å²) in [5.74, 6) is 0. The lowest BCUT2D eigenvalue weighted by molar-refractivity contribution is -0.0941. The molecule has 2 aliphatic heterocycles. The number of aliphatic hydroxyl groups excluding tert-OH is 2. The smallest absolute Gasteiger partial charge is 0.0642 e. The van der Waals surface area contributed by atoms with Crippen molar-refractivity contribution in [3.63, 3.8) is 0 Å². The molecule has 0 spiro atoms.